The van der Waals surface area contributed by atoms with Crippen molar-refractivity contribution in [3.05, 3.63) is 30.3 Å². The molecule has 82 valence electrons. The zero-order valence-electron chi connectivity index (χ0n) is 8.84. The van der Waals surface area contributed by atoms with Gasteiger partial charge in [0.15, 0.2) is 11.7 Å². The molecule has 1 aromatic carbocycles. The lowest BCUT2D eigenvalue weighted by Gasteiger charge is -2.14. The minimum Gasteiger partial charge on any atom is -0.304 e. The maximum absolute atomic E-state index is 11.8. The quantitative estimate of drug-likeness (QED) is 0.689. The summed E-state index contributed by atoms with van der Waals surface area (Å²) in [6.45, 7) is 1.27. The van der Waals surface area contributed by atoms with Gasteiger partial charge in [-0.15, -0.1) is 0 Å². The van der Waals surface area contributed by atoms with Gasteiger partial charge in [0.25, 0.3) is 0 Å². The lowest BCUT2D eigenvalue weighted by Crippen LogP contribution is -2.29. The Morgan fingerprint density at radius 2 is 1.88 bits per heavy atom. The first-order valence-corrected chi connectivity index (χ1v) is 5.01. The third kappa shape index (κ3) is 1.62. The Balaban J connectivity index is 2.31. The second kappa shape index (κ2) is 3.89. The van der Waals surface area contributed by atoms with Gasteiger partial charge in [-0.2, -0.15) is 0 Å². The topological polar surface area (TPSA) is 54.5 Å². The predicted molar refractivity (Wildman–Crippen MR) is 58.0 cm³/mol. The van der Waals surface area contributed by atoms with E-state index in [9.17, 15) is 14.4 Å². The highest BCUT2D eigenvalue weighted by molar-refractivity contribution is 6.28. The van der Waals surface area contributed by atoms with Gasteiger partial charge in [-0.25, -0.2) is 0 Å². The number of benzene rings is 1. The summed E-state index contributed by atoms with van der Waals surface area (Å²) in [6, 6.07) is 8.89. The molecular formula is C12H11NO3. The maximum Gasteiger partial charge on any atom is 0.245 e. The largest absolute Gasteiger partial charge is 0.304 e. The van der Waals surface area contributed by atoms with Gasteiger partial charge in [-0.1, -0.05) is 18.2 Å². The molecular weight excluding hydrogens is 206 g/mol. The van der Waals surface area contributed by atoms with Crippen LogP contribution in [0.4, 0.5) is 5.69 Å². The number of para-hydroxylation sites is 1. The first-order chi connectivity index (χ1) is 7.61. The fraction of sp³-hybridized carbons (Fsp3) is 0.250. The molecule has 0 N–H and O–H groups in total. The molecule has 0 bridgehead atoms. The molecule has 1 atom stereocenters. The van der Waals surface area contributed by atoms with Crippen LogP contribution >= 0.6 is 0 Å². The van der Waals surface area contributed by atoms with Gasteiger partial charge < -0.3 is 4.90 Å². The molecule has 1 amide bonds. The zero-order chi connectivity index (χ0) is 11.7. The predicted octanol–water partition coefficient (Wildman–Crippen LogP) is 0.808. The average Bonchev–Trinajstić information content (AvgIpc) is 2.55. The summed E-state index contributed by atoms with van der Waals surface area (Å²) in [5.41, 5.74) is 0.657. The number of carbonyl (C=O) groups excluding carboxylic acids is 3. The second-order valence-electron chi connectivity index (χ2n) is 3.77. The van der Waals surface area contributed by atoms with E-state index in [1.807, 2.05) is 6.07 Å². The van der Waals surface area contributed by atoms with E-state index in [2.05, 4.69) is 0 Å². The van der Waals surface area contributed by atoms with Crippen LogP contribution in [0.5, 0.6) is 0 Å². The number of hydrogen-bond acceptors (Lipinski definition) is 3. The molecule has 1 saturated heterocycles. The molecule has 0 aliphatic carbocycles. The molecule has 4 nitrogen and oxygen atoms in total. The van der Waals surface area contributed by atoms with E-state index in [1.165, 1.54) is 11.8 Å². The monoisotopic (exact) mass is 217 g/mol. The summed E-state index contributed by atoms with van der Waals surface area (Å²) in [5.74, 6) is -2.21. The summed E-state index contributed by atoms with van der Waals surface area (Å²) in [6.07, 6.45) is 0. The van der Waals surface area contributed by atoms with Crippen LogP contribution in [-0.2, 0) is 14.4 Å². The third-order valence-corrected chi connectivity index (χ3v) is 2.62. The second-order valence-corrected chi connectivity index (χ2v) is 3.77. The van der Waals surface area contributed by atoms with Crippen LogP contribution in [0.2, 0.25) is 0 Å². The Labute approximate surface area is 92.9 Å². The van der Waals surface area contributed by atoms with E-state index in [1.54, 1.807) is 24.3 Å². The molecule has 0 spiro atoms. The van der Waals surface area contributed by atoms with Crippen LogP contribution < -0.4 is 4.90 Å². The Hall–Kier alpha value is -1.97. The summed E-state index contributed by atoms with van der Waals surface area (Å²) in [5, 5.41) is 0. The molecule has 4 heteroatoms. The highest BCUT2D eigenvalue weighted by Crippen LogP contribution is 2.23. The van der Waals surface area contributed by atoms with Gasteiger partial charge in [-0.05, 0) is 19.1 Å². The van der Waals surface area contributed by atoms with Crippen LogP contribution in [0.3, 0.4) is 0 Å². The Morgan fingerprint density at radius 1 is 1.25 bits per heavy atom. The summed E-state index contributed by atoms with van der Waals surface area (Å²) < 4.78 is 0. The number of hydrogen-bond donors (Lipinski definition) is 0. The summed E-state index contributed by atoms with van der Waals surface area (Å²) in [4.78, 5) is 35.9. The molecule has 1 aromatic rings. The van der Waals surface area contributed by atoms with E-state index in [0.717, 1.165) is 0 Å². The number of nitrogens with zero attached hydrogens (tertiary/aromatic N) is 1. The van der Waals surface area contributed by atoms with Crippen molar-refractivity contribution in [3.8, 4) is 0 Å². The van der Waals surface area contributed by atoms with Gasteiger partial charge in [-0.3, -0.25) is 14.4 Å². The fourth-order valence-corrected chi connectivity index (χ4v) is 1.85. The Morgan fingerprint density at radius 3 is 2.38 bits per heavy atom. The van der Waals surface area contributed by atoms with E-state index in [-0.39, 0.29) is 18.1 Å². The van der Waals surface area contributed by atoms with E-state index in [4.69, 9.17) is 0 Å². The molecule has 1 aliphatic rings. The summed E-state index contributed by atoms with van der Waals surface area (Å²) in [7, 11) is 0. The minimum atomic E-state index is -1.10. The average molecular weight is 217 g/mol. The van der Waals surface area contributed by atoms with Crippen molar-refractivity contribution < 1.29 is 14.4 Å². The van der Waals surface area contributed by atoms with Crippen LogP contribution in [0.25, 0.3) is 0 Å². The van der Waals surface area contributed by atoms with Crippen molar-refractivity contribution in [2.24, 2.45) is 5.92 Å². The first-order valence-electron chi connectivity index (χ1n) is 5.01. The van der Waals surface area contributed by atoms with Gasteiger partial charge in [0.05, 0.1) is 6.54 Å². The van der Waals surface area contributed by atoms with Crippen molar-refractivity contribution in [2.45, 2.75) is 6.92 Å². The van der Waals surface area contributed by atoms with Crippen molar-refractivity contribution >= 4 is 23.2 Å². The first kappa shape index (κ1) is 10.5. The Bertz CT molecular complexity index is 453. The van der Waals surface area contributed by atoms with Crippen molar-refractivity contribution in [1.82, 2.24) is 0 Å². The highest BCUT2D eigenvalue weighted by atomic mass is 16.2. The molecule has 0 aromatic heterocycles. The normalized spacial score (nSPS) is 20.3. The van der Waals surface area contributed by atoms with Crippen molar-refractivity contribution in [1.29, 1.82) is 0 Å². The van der Waals surface area contributed by atoms with Gasteiger partial charge in [0.1, 0.15) is 5.78 Å². The lowest BCUT2D eigenvalue weighted by atomic mass is 10.0. The molecule has 0 unspecified atom stereocenters. The number of Topliss-reactive ketones (excluding diaryl/α,β-unsaturated/α-hetero) is 2. The van der Waals surface area contributed by atoms with Gasteiger partial charge in [0, 0.05) is 5.69 Å². The van der Waals surface area contributed by atoms with E-state index >= 15 is 0 Å². The third-order valence-electron chi connectivity index (χ3n) is 2.62. The molecule has 0 saturated carbocycles. The van der Waals surface area contributed by atoms with Gasteiger partial charge in [0.2, 0.25) is 5.91 Å². The molecule has 1 fully saturated rings. The number of amides is 1. The standard InChI is InChI=1S/C12H11NO3/c1-8(14)11-10(15)7-13(12(11)16)9-5-3-2-4-6-9/h2-6,11H,7H2,1H3/t11-/m1/s1. The number of anilines is 1. The fourth-order valence-electron chi connectivity index (χ4n) is 1.85. The molecule has 2 rings (SSSR count). The number of rotatable bonds is 2. The summed E-state index contributed by atoms with van der Waals surface area (Å²) >= 11 is 0. The number of ketones is 2. The highest BCUT2D eigenvalue weighted by Gasteiger charge is 2.42. The maximum atomic E-state index is 11.8. The van der Waals surface area contributed by atoms with Gasteiger partial charge >= 0.3 is 0 Å². The molecule has 1 heterocycles. The van der Waals surface area contributed by atoms with Crippen LogP contribution in [0, 0.1) is 5.92 Å². The lowest BCUT2D eigenvalue weighted by molar-refractivity contribution is -0.134. The SMILES string of the molecule is CC(=O)[C@@H]1C(=O)CN(c2ccccc2)C1=O. The zero-order valence-corrected chi connectivity index (χ0v) is 8.84. The number of carbonyl (C=O) groups is 3. The van der Waals surface area contributed by atoms with Crippen molar-refractivity contribution in [3.63, 3.8) is 0 Å². The smallest absolute Gasteiger partial charge is 0.245 e. The van der Waals surface area contributed by atoms with Crippen LogP contribution in [0.15, 0.2) is 30.3 Å². The van der Waals surface area contributed by atoms with Crippen molar-refractivity contribution in [2.75, 3.05) is 11.4 Å². The van der Waals surface area contributed by atoms with E-state index in [0.29, 0.717) is 5.69 Å². The van der Waals surface area contributed by atoms with E-state index < -0.39 is 11.8 Å². The Kier molecular flexibility index (Phi) is 2.56. The minimum absolute atomic E-state index is 0.00685. The van der Waals surface area contributed by atoms with Crippen LogP contribution in [0.1, 0.15) is 6.92 Å². The molecule has 16 heavy (non-hydrogen) atoms. The van der Waals surface area contributed by atoms with Crippen LogP contribution in [-0.4, -0.2) is 24.0 Å². The molecule has 1 aliphatic heterocycles. The molecule has 0 radical (unpaired) electrons.